The van der Waals surface area contributed by atoms with E-state index in [0.29, 0.717) is 12.8 Å². The number of hydrogen-bond donors (Lipinski definition) is 1. The van der Waals surface area contributed by atoms with Gasteiger partial charge in [-0.15, -0.1) is 0 Å². The van der Waals surface area contributed by atoms with Crippen molar-refractivity contribution in [3.05, 3.63) is 24.8 Å². The van der Waals surface area contributed by atoms with Gasteiger partial charge in [0.1, 0.15) is 6.10 Å². The molecule has 4 heteroatoms. The van der Waals surface area contributed by atoms with Crippen molar-refractivity contribution in [1.82, 2.24) is 0 Å². The molecule has 0 spiro atoms. The fourth-order valence-corrected chi connectivity index (χ4v) is 1.90. The van der Waals surface area contributed by atoms with E-state index in [0.717, 1.165) is 12.8 Å². The zero-order chi connectivity index (χ0) is 12.7. The molecule has 1 rings (SSSR count). The van der Waals surface area contributed by atoms with Crippen molar-refractivity contribution in [2.75, 3.05) is 7.11 Å². The van der Waals surface area contributed by atoms with Gasteiger partial charge in [-0.2, -0.15) is 0 Å². The molecule has 3 atom stereocenters. The van der Waals surface area contributed by atoms with Crippen LogP contribution in [0.15, 0.2) is 24.8 Å². The summed E-state index contributed by atoms with van der Waals surface area (Å²) in [6, 6.07) is 0. The van der Waals surface area contributed by atoms with E-state index in [1.165, 1.54) is 7.11 Å². The van der Waals surface area contributed by atoms with Crippen LogP contribution in [0, 0.1) is 0 Å². The molecule has 0 bridgehead atoms. The molecule has 1 aliphatic heterocycles. The minimum atomic E-state index is -0.464. The van der Waals surface area contributed by atoms with Gasteiger partial charge in [-0.3, -0.25) is 4.79 Å². The van der Waals surface area contributed by atoms with Crippen LogP contribution in [0.5, 0.6) is 0 Å². The highest BCUT2D eigenvalue weighted by Crippen LogP contribution is 2.25. The first kappa shape index (κ1) is 13.9. The molecule has 0 aliphatic carbocycles. The van der Waals surface area contributed by atoms with Crippen LogP contribution in [0.2, 0.25) is 0 Å². The average molecular weight is 240 g/mol. The Kier molecular flexibility index (Phi) is 5.94. The van der Waals surface area contributed by atoms with Gasteiger partial charge in [-0.25, -0.2) is 0 Å². The lowest BCUT2D eigenvalue weighted by molar-refractivity contribution is -0.140. The van der Waals surface area contributed by atoms with Gasteiger partial charge in [0.2, 0.25) is 0 Å². The number of aliphatic hydroxyl groups is 1. The molecule has 1 N–H and O–H groups in total. The van der Waals surface area contributed by atoms with E-state index in [9.17, 15) is 9.90 Å². The number of aliphatic hydroxyl groups excluding tert-OH is 1. The first-order chi connectivity index (χ1) is 8.17. The van der Waals surface area contributed by atoms with E-state index in [-0.39, 0.29) is 18.2 Å². The van der Waals surface area contributed by atoms with Gasteiger partial charge in [-0.1, -0.05) is 24.8 Å². The molecule has 0 aromatic rings. The van der Waals surface area contributed by atoms with Crippen molar-refractivity contribution in [2.45, 2.75) is 44.0 Å². The monoisotopic (exact) mass is 240 g/mol. The predicted molar refractivity (Wildman–Crippen MR) is 64.5 cm³/mol. The molecule has 1 fully saturated rings. The highest BCUT2D eigenvalue weighted by atomic mass is 16.5. The van der Waals surface area contributed by atoms with Crippen molar-refractivity contribution in [1.29, 1.82) is 0 Å². The fourth-order valence-electron chi connectivity index (χ4n) is 1.90. The quantitative estimate of drug-likeness (QED) is 0.566. The lowest BCUT2D eigenvalue weighted by Crippen LogP contribution is -2.17. The van der Waals surface area contributed by atoms with Gasteiger partial charge in [0.25, 0.3) is 0 Å². The van der Waals surface area contributed by atoms with Crippen molar-refractivity contribution >= 4 is 5.97 Å². The zero-order valence-corrected chi connectivity index (χ0v) is 10.2. The Morgan fingerprint density at radius 3 is 3.06 bits per heavy atom. The molecule has 0 aromatic heterocycles. The van der Waals surface area contributed by atoms with Crippen LogP contribution >= 0.6 is 0 Å². The van der Waals surface area contributed by atoms with Gasteiger partial charge in [-0.05, 0) is 12.8 Å². The molecule has 0 amide bonds. The number of allylic oxidation sites excluding steroid dienone is 2. The Morgan fingerprint density at radius 2 is 2.41 bits per heavy atom. The van der Waals surface area contributed by atoms with E-state index >= 15 is 0 Å². The first-order valence-electron chi connectivity index (χ1n) is 5.87. The summed E-state index contributed by atoms with van der Waals surface area (Å²) in [5, 5.41) is 9.74. The first-order valence-corrected chi connectivity index (χ1v) is 5.87. The van der Waals surface area contributed by atoms with Gasteiger partial charge >= 0.3 is 5.97 Å². The van der Waals surface area contributed by atoms with Gasteiger partial charge < -0.3 is 14.6 Å². The van der Waals surface area contributed by atoms with E-state index in [1.807, 2.05) is 0 Å². The molecule has 1 heterocycles. The largest absolute Gasteiger partial charge is 0.469 e. The SMILES string of the molecule is C=CC=CC1OC(CCCC(=O)OC)CC1O. The summed E-state index contributed by atoms with van der Waals surface area (Å²) in [5.74, 6) is -0.202. The van der Waals surface area contributed by atoms with Crippen molar-refractivity contribution < 1.29 is 19.4 Å². The van der Waals surface area contributed by atoms with Gasteiger partial charge in [0.15, 0.2) is 0 Å². The smallest absolute Gasteiger partial charge is 0.305 e. The Bertz CT molecular complexity index is 285. The summed E-state index contributed by atoms with van der Waals surface area (Å²) < 4.78 is 10.2. The number of carbonyl (C=O) groups excluding carboxylic acids is 1. The summed E-state index contributed by atoms with van der Waals surface area (Å²) in [6.07, 6.45) is 7.04. The third kappa shape index (κ3) is 4.71. The number of esters is 1. The van der Waals surface area contributed by atoms with E-state index in [1.54, 1.807) is 18.2 Å². The summed E-state index contributed by atoms with van der Waals surface area (Å²) >= 11 is 0. The average Bonchev–Trinajstić information content (AvgIpc) is 2.67. The second kappa shape index (κ2) is 7.25. The number of ether oxygens (including phenoxy) is 2. The molecule has 0 aromatic carbocycles. The predicted octanol–water partition coefficient (Wildman–Crippen LogP) is 1.59. The lowest BCUT2D eigenvalue weighted by Gasteiger charge is -2.10. The van der Waals surface area contributed by atoms with Crippen LogP contribution in [-0.4, -0.2) is 36.5 Å². The molecule has 17 heavy (non-hydrogen) atoms. The minimum absolute atomic E-state index is 0.0223. The summed E-state index contributed by atoms with van der Waals surface area (Å²) in [6.45, 7) is 3.57. The molecule has 0 saturated carbocycles. The molecule has 4 nitrogen and oxygen atoms in total. The van der Waals surface area contributed by atoms with E-state index < -0.39 is 6.10 Å². The Hall–Kier alpha value is -1.13. The Labute approximate surface area is 102 Å². The Morgan fingerprint density at radius 1 is 1.65 bits per heavy atom. The maximum atomic E-state index is 10.9. The van der Waals surface area contributed by atoms with E-state index in [4.69, 9.17) is 4.74 Å². The molecular weight excluding hydrogens is 220 g/mol. The normalized spacial score (nSPS) is 28.5. The molecular formula is C13H20O4. The third-order valence-electron chi connectivity index (χ3n) is 2.80. The van der Waals surface area contributed by atoms with Crippen LogP contribution in [0.1, 0.15) is 25.7 Å². The molecule has 3 unspecified atom stereocenters. The topological polar surface area (TPSA) is 55.8 Å². The summed E-state index contributed by atoms with van der Waals surface area (Å²) in [5.41, 5.74) is 0. The highest BCUT2D eigenvalue weighted by molar-refractivity contribution is 5.68. The molecule has 1 aliphatic rings. The summed E-state index contributed by atoms with van der Waals surface area (Å²) in [7, 11) is 1.38. The van der Waals surface area contributed by atoms with Crippen LogP contribution in [0.3, 0.4) is 0 Å². The third-order valence-corrected chi connectivity index (χ3v) is 2.80. The molecule has 1 saturated heterocycles. The van der Waals surface area contributed by atoms with Crippen molar-refractivity contribution in [3.8, 4) is 0 Å². The standard InChI is InChI=1S/C13H20O4/c1-3-4-7-12-11(14)9-10(17-12)6-5-8-13(15)16-2/h3-4,7,10-12,14H,1,5-6,8-9H2,2H3. The fraction of sp³-hybridized carbons (Fsp3) is 0.615. The molecule has 0 radical (unpaired) electrons. The number of hydrogen-bond acceptors (Lipinski definition) is 4. The lowest BCUT2D eigenvalue weighted by atomic mass is 10.1. The van der Waals surface area contributed by atoms with Crippen LogP contribution in [0.4, 0.5) is 0 Å². The highest BCUT2D eigenvalue weighted by Gasteiger charge is 2.31. The van der Waals surface area contributed by atoms with Crippen LogP contribution in [-0.2, 0) is 14.3 Å². The Balaban J connectivity index is 2.26. The zero-order valence-electron chi connectivity index (χ0n) is 10.2. The minimum Gasteiger partial charge on any atom is -0.469 e. The van der Waals surface area contributed by atoms with E-state index in [2.05, 4.69) is 11.3 Å². The number of methoxy groups -OCH3 is 1. The van der Waals surface area contributed by atoms with Crippen LogP contribution in [0.25, 0.3) is 0 Å². The molecule has 96 valence electrons. The number of carbonyl (C=O) groups is 1. The second-order valence-corrected chi connectivity index (χ2v) is 4.11. The van der Waals surface area contributed by atoms with Crippen molar-refractivity contribution in [2.24, 2.45) is 0 Å². The number of rotatable bonds is 6. The maximum absolute atomic E-state index is 10.9. The summed E-state index contributed by atoms with van der Waals surface area (Å²) in [4.78, 5) is 10.9. The van der Waals surface area contributed by atoms with Gasteiger partial charge in [0.05, 0.1) is 19.3 Å². The maximum Gasteiger partial charge on any atom is 0.305 e. The van der Waals surface area contributed by atoms with Crippen LogP contribution < -0.4 is 0 Å². The second-order valence-electron chi connectivity index (χ2n) is 4.11. The van der Waals surface area contributed by atoms with Crippen molar-refractivity contribution in [3.63, 3.8) is 0 Å². The van der Waals surface area contributed by atoms with Gasteiger partial charge in [0, 0.05) is 12.8 Å².